The molecule has 23 heavy (non-hydrogen) atoms. The largest absolute Gasteiger partial charge is 0.356 e. The summed E-state index contributed by atoms with van der Waals surface area (Å²) in [6.45, 7) is 1.81. The van der Waals surface area contributed by atoms with E-state index in [1.807, 2.05) is 24.0 Å². The molecule has 1 fully saturated rings. The average Bonchev–Trinajstić information content (AvgIpc) is 3.02. The Bertz CT molecular complexity index is 836. The third-order valence-electron chi connectivity index (χ3n) is 4.59. The molecule has 0 spiro atoms. The molecule has 4 rings (SSSR count). The number of piperidine rings is 1. The van der Waals surface area contributed by atoms with Gasteiger partial charge in [0.25, 0.3) is 0 Å². The van der Waals surface area contributed by atoms with E-state index in [2.05, 4.69) is 26.2 Å². The van der Waals surface area contributed by atoms with Crippen molar-refractivity contribution in [3.63, 3.8) is 0 Å². The summed E-state index contributed by atoms with van der Waals surface area (Å²) >= 11 is 0. The Hall–Kier alpha value is -2.50. The zero-order valence-corrected chi connectivity index (χ0v) is 13.0. The quantitative estimate of drug-likeness (QED) is 0.730. The molecule has 2 aromatic heterocycles. The highest BCUT2D eigenvalue weighted by Gasteiger charge is 2.23. The van der Waals surface area contributed by atoms with Crippen LogP contribution in [-0.4, -0.2) is 32.8 Å². The third kappa shape index (κ3) is 2.54. The van der Waals surface area contributed by atoms with Crippen LogP contribution in [0.15, 0.2) is 36.9 Å². The summed E-state index contributed by atoms with van der Waals surface area (Å²) in [6, 6.07) is 5.04. The topological polar surface area (TPSA) is 46.8 Å². The zero-order chi connectivity index (χ0) is 15.8. The molecule has 3 heterocycles. The lowest BCUT2D eigenvalue weighted by Crippen LogP contribution is -2.33. The van der Waals surface area contributed by atoms with Gasteiger partial charge in [-0.2, -0.15) is 5.10 Å². The van der Waals surface area contributed by atoms with Crippen LogP contribution in [0.2, 0.25) is 0 Å². The van der Waals surface area contributed by atoms with E-state index in [1.165, 1.54) is 18.0 Å². The lowest BCUT2D eigenvalue weighted by atomic mass is 9.91. The van der Waals surface area contributed by atoms with Crippen molar-refractivity contribution >= 4 is 16.7 Å². The molecule has 1 aromatic carbocycles. The van der Waals surface area contributed by atoms with Gasteiger partial charge >= 0.3 is 0 Å². The van der Waals surface area contributed by atoms with Crippen molar-refractivity contribution in [3.05, 3.63) is 48.3 Å². The molecular weight excluding hydrogens is 293 g/mol. The Balaban J connectivity index is 1.58. The Kier molecular flexibility index (Phi) is 3.44. The molecule has 0 aliphatic carbocycles. The minimum absolute atomic E-state index is 0.295. The molecule has 1 aliphatic heterocycles. The van der Waals surface area contributed by atoms with Crippen LogP contribution in [0, 0.1) is 5.82 Å². The Labute approximate surface area is 133 Å². The molecule has 0 N–H and O–H groups in total. The first-order valence-electron chi connectivity index (χ1n) is 7.85. The smallest absolute Gasteiger partial charge is 0.149 e. The molecule has 118 valence electrons. The fourth-order valence-corrected chi connectivity index (χ4v) is 3.37. The second kappa shape index (κ2) is 5.61. The van der Waals surface area contributed by atoms with Crippen LogP contribution in [0.1, 0.15) is 24.3 Å². The highest BCUT2D eigenvalue weighted by molar-refractivity contribution is 5.89. The van der Waals surface area contributed by atoms with E-state index < -0.39 is 0 Å². The van der Waals surface area contributed by atoms with Gasteiger partial charge in [-0.1, -0.05) is 6.07 Å². The van der Waals surface area contributed by atoms with Gasteiger partial charge in [0.15, 0.2) is 0 Å². The van der Waals surface area contributed by atoms with Crippen molar-refractivity contribution in [3.8, 4) is 0 Å². The lowest BCUT2D eigenvalue weighted by molar-refractivity contribution is 0.503. The van der Waals surface area contributed by atoms with Crippen molar-refractivity contribution in [2.75, 3.05) is 18.0 Å². The van der Waals surface area contributed by atoms with Gasteiger partial charge in [-0.3, -0.25) is 4.68 Å². The number of fused-ring (bicyclic) bond motifs is 1. The van der Waals surface area contributed by atoms with E-state index in [0.29, 0.717) is 11.4 Å². The first-order valence-corrected chi connectivity index (χ1v) is 7.85. The minimum atomic E-state index is -0.295. The van der Waals surface area contributed by atoms with E-state index >= 15 is 0 Å². The van der Waals surface area contributed by atoms with Gasteiger partial charge in [0.1, 0.15) is 23.5 Å². The highest BCUT2D eigenvalue weighted by atomic mass is 19.1. The van der Waals surface area contributed by atoms with E-state index in [-0.39, 0.29) is 5.82 Å². The van der Waals surface area contributed by atoms with E-state index in [9.17, 15) is 4.39 Å². The summed E-state index contributed by atoms with van der Waals surface area (Å²) in [5, 5.41) is 5.04. The Morgan fingerprint density at radius 1 is 1.17 bits per heavy atom. The van der Waals surface area contributed by atoms with Crippen LogP contribution < -0.4 is 4.90 Å². The van der Waals surface area contributed by atoms with Gasteiger partial charge in [0.05, 0.1) is 6.20 Å². The summed E-state index contributed by atoms with van der Waals surface area (Å²) in [7, 11) is 1.94. The zero-order valence-electron chi connectivity index (χ0n) is 13.0. The number of halogens is 1. The van der Waals surface area contributed by atoms with Gasteiger partial charge in [0, 0.05) is 31.7 Å². The van der Waals surface area contributed by atoms with E-state index in [4.69, 9.17) is 0 Å². The summed E-state index contributed by atoms with van der Waals surface area (Å²) < 4.78 is 15.8. The Morgan fingerprint density at radius 2 is 2.00 bits per heavy atom. The molecule has 0 unspecified atom stereocenters. The SMILES string of the molecule is Cn1cc(C2CCN(c3ncnc4c(F)cccc34)CC2)cn1. The molecule has 1 aliphatic rings. The van der Waals surface area contributed by atoms with E-state index in [0.717, 1.165) is 37.1 Å². The van der Waals surface area contributed by atoms with Gasteiger partial charge in [-0.25, -0.2) is 14.4 Å². The molecule has 6 heteroatoms. The molecule has 0 atom stereocenters. The molecule has 1 saturated heterocycles. The monoisotopic (exact) mass is 311 g/mol. The fourth-order valence-electron chi connectivity index (χ4n) is 3.37. The third-order valence-corrected chi connectivity index (χ3v) is 4.59. The predicted molar refractivity (Wildman–Crippen MR) is 86.9 cm³/mol. The number of nitrogens with zero attached hydrogens (tertiary/aromatic N) is 5. The van der Waals surface area contributed by atoms with E-state index in [1.54, 1.807) is 6.07 Å². The predicted octanol–water partition coefficient (Wildman–Crippen LogP) is 2.89. The second-order valence-corrected chi connectivity index (χ2v) is 6.04. The maximum absolute atomic E-state index is 13.9. The highest BCUT2D eigenvalue weighted by Crippen LogP contribution is 2.32. The van der Waals surface area contributed by atoms with Crippen LogP contribution in [0.4, 0.5) is 10.2 Å². The first kappa shape index (κ1) is 14.1. The number of hydrogen-bond acceptors (Lipinski definition) is 4. The normalized spacial score (nSPS) is 16.2. The maximum Gasteiger partial charge on any atom is 0.149 e. The van der Waals surface area contributed by atoms with Gasteiger partial charge in [-0.15, -0.1) is 0 Å². The summed E-state index contributed by atoms with van der Waals surface area (Å²) in [6.07, 6.45) is 7.60. The Morgan fingerprint density at radius 3 is 2.74 bits per heavy atom. The minimum Gasteiger partial charge on any atom is -0.356 e. The van der Waals surface area contributed by atoms with Gasteiger partial charge in [0.2, 0.25) is 0 Å². The van der Waals surface area contributed by atoms with Crippen LogP contribution in [0.3, 0.4) is 0 Å². The standard InChI is InChI=1S/C17H18FN5/c1-22-10-13(9-21-22)12-5-7-23(8-6-12)17-14-3-2-4-15(18)16(14)19-11-20-17/h2-4,9-12H,5-8H2,1H3. The molecule has 0 saturated carbocycles. The number of aromatic nitrogens is 4. The average molecular weight is 311 g/mol. The summed E-state index contributed by atoms with van der Waals surface area (Å²) in [5.74, 6) is 1.07. The molecule has 0 bridgehead atoms. The molecule has 0 amide bonds. The fraction of sp³-hybridized carbons (Fsp3) is 0.353. The van der Waals surface area contributed by atoms with Gasteiger partial charge < -0.3 is 4.90 Å². The lowest BCUT2D eigenvalue weighted by Gasteiger charge is -2.32. The van der Waals surface area contributed by atoms with Crippen molar-refractivity contribution in [2.45, 2.75) is 18.8 Å². The van der Waals surface area contributed by atoms with Crippen LogP contribution in [0.5, 0.6) is 0 Å². The van der Waals surface area contributed by atoms with Crippen LogP contribution in [0.25, 0.3) is 10.9 Å². The van der Waals surface area contributed by atoms with Crippen molar-refractivity contribution in [1.29, 1.82) is 0 Å². The number of benzene rings is 1. The van der Waals surface area contributed by atoms with Crippen LogP contribution in [-0.2, 0) is 7.05 Å². The first-order chi connectivity index (χ1) is 11.2. The second-order valence-electron chi connectivity index (χ2n) is 6.04. The number of aryl methyl sites for hydroxylation is 1. The maximum atomic E-state index is 13.9. The number of rotatable bonds is 2. The summed E-state index contributed by atoms with van der Waals surface area (Å²) in [5.41, 5.74) is 1.69. The van der Waals surface area contributed by atoms with Gasteiger partial charge in [-0.05, 0) is 36.5 Å². The van der Waals surface area contributed by atoms with Crippen LogP contribution >= 0.6 is 0 Å². The van der Waals surface area contributed by atoms with Crippen molar-refractivity contribution in [2.24, 2.45) is 7.05 Å². The molecule has 0 radical (unpaired) electrons. The molecule has 3 aromatic rings. The number of anilines is 1. The summed E-state index contributed by atoms with van der Waals surface area (Å²) in [4.78, 5) is 10.7. The van der Waals surface area contributed by atoms with Crippen molar-refractivity contribution < 1.29 is 4.39 Å². The molecule has 5 nitrogen and oxygen atoms in total. The number of hydrogen-bond donors (Lipinski definition) is 0. The number of para-hydroxylation sites is 1. The molecular formula is C17H18FN5. The van der Waals surface area contributed by atoms with Crippen molar-refractivity contribution in [1.82, 2.24) is 19.7 Å².